The van der Waals surface area contributed by atoms with Crippen molar-refractivity contribution >= 4 is 52.4 Å². The molecule has 2 aromatic rings. The molecule has 0 saturated carbocycles. The second-order valence-corrected chi connectivity index (χ2v) is 5.40. The number of aromatic nitrogens is 1. The van der Waals surface area contributed by atoms with Gasteiger partial charge in [-0.3, -0.25) is 0 Å². The highest BCUT2D eigenvalue weighted by Crippen LogP contribution is 2.35. The number of halogens is 4. The minimum atomic E-state index is -0.603. The topological polar surface area (TPSA) is 39.2 Å². The maximum absolute atomic E-state index is 11.4. The van der Waals surface area contributed by atoms with Gasteiger partial charge < -0.3 is 4.74 Å². The molecule has 7 heteroatoms. The Morgan fingerprint density at radius 2 is 1.55 bits per heavy atom. The zero-order valence-electron chi connectivity index (χ0n) is 10.1. The van der Waals surface area contributed by atoms with Crippen molar-refractivity contribution in [1.82, 2.24) is 4.98 Å². The number of nitrogens with zero attached hydrogens (tertiary/aromatic N) is 1. The van der Waals surface area contributed by atoms with Crippen LogP contribution in [-0.2, 0) is 4.74 Å². The Labute approximate surface area is 135 Å². The zero-order valence-corrected chi connectivity index (χ0v) is 13.1. The molecule has 0 amide bonds. The van der Waals surface area contributed by atoms with E-state index in [-0.39, 0.29) is 15.7 Å². The summed E-state index contributed by atoms with van der Waals surface area (Å²) in [4.78, 5) is 15.4. The molecule has 1 aromatic carbocycles. The van der Waals surface area contributed by atoms with Crippen LogP contribution < -0.4 is 0 Å². The smallest absolute Gasteiger partial charge is 0.358 e. The summed E-state index contributed by atoms with van der Waals surface area (Å²) in [6.45, 7) is 0. The van der Waals surface area contributed by atoms with Gasteiger partial charge in [0.1, 0.15) is 0 Å². The number of methoxy groups -OCH3 is 1. The van der Waals surface area contributed by atoms with E-state index >= 15 is 0 Å². The van der Waals surface area contributed by atoms with Gasteiger partial charge in [-0.2, -0.15) is 0 Å². The van der Waals surface area contributed by atoms with Gasteiger partial charge in [0.25, 0.3) is 0 Å². The van der Waals surface area contributed by atoms with Gasteiger partial charge in [0.15, 0.2) is 5.69 Å². The van der Waals surface area contributed by atoms with Crippen LogP contribution in [0.1, 0.15) is 10.5 Å². The lowest BCUT2D eigenvalue weighted by Crippen LogP contribution is -2.05. The number of ether oxygens (including phenoxy) is 1. The van der Waals surface area contributed by atoms with E-state index in [4.69, 9.17) is 46.4 Å². The number of benzene rings is 1. The van der Waals surface area contributed by atoms with Crippen molar-refractivity contribution in [2.45, 2.75) is 0 Å². The number of hydrogen-bond donors (Lipinski definition) is 0. The molecule has 0 aliphatic carbocycles. The van der Waals surface area contributed by atoms with Crippen molar-refractivity contribution in [2.75, 3.05) is 7.11 Å². The molecule has 0 saturated heterocycles. The van der Waals surface area contributed by atoms with Gasteiger partial charge in [-0.05, 0) is 23.8 Å². The van der Waals surface area contributed by atoms with E-state index in [0.717, 1.165) is 0 Å². The van der Waals surface area contributed by atoms with Crippen LogP contribution in [0.2, 0.25) is 20.1 Å². The van der Waals surface area contributed by atoms with Gasteiger partial charge in [-0.1, -0.05) is 46.4 Å². The molecule has 0 aliphatic rings. The molecule has 1 aromatic heterocycles. The predicted octanol–water partition coefficient (Wildman–Crippen LogP) is 5.15. The second-order valence-electron chi connectivity index (χ2n) is 3.80. The van der Waals surface area contributed by atoms with Crippen LogP contribution in [0.3, 0.4) is 0 Å². The largest absolute Gasteiger partial charge is 0.464 e. The maximum atomic E-state index is 11.4. The summed E-state index contributed by atoms with van der Waals surface area (Å²) in [5.41, 5.74) is 1.39. The molecule has 20 heavy (non-hydrogen) atoms. The molecular formula is C13H7Cl4NO2. The first-order valence-electron chi connectivity index (χ1n) is 5.32. The highest BCUT2D eigenvalue weighted by atomic mass is 35.5. The fourth-order valence-electron chi connectivity index (χ4n) is 1.56. The number of pyridine rings is 1. The molecule has 0 spiro atoms. The molecule has 0 aliphatic heterocycles. The fraction of sp³-hybridized carbons (Fsp3) is 0.0769. The van der Waals surface area contributed by atoms with Crippen molar-refractivity contribution in [1.29, 1.82) is 0 Å². The lowest BCUT2D eigenvalue weighted by atomic mass is 10.1. The summed E-state index contributed by atoms with van der Waals surface area (Å²) in [7, 11) is 1.26. The molecular weight excluding hydrogens is 344 g/mol. The van der Waals surface area contributed by atoms with Crippen LogP contribution in [0.4, 0.5) is 0 Å². The molecule has 3 nitrogen and oxygen atoms in total. The first-order chi connectivity index (χ1) is 9.43. The van der Waals surface area contributed by atoms with Crippen molar-refractivity contribution in [3.63, 3.8) is 0 Å². The summed E-state index contributed by atoms with van der Waals surface area (Å²) in [6.07, 6.45) is 1.48. The number of rotatable bonds is 2. The molecule has 0 fully saturated rings. The molecule has 0 atom stereocenters. The maximum Gasteiger partial charge on any atom is 0.358 e. The van der Waals surface area contributed by atoms with Crippen molar-refractivity contribution < 1.29 is 9.53 Å². The van der Waals surface area contributed by atoms with Crippen LogP contribution in [0.15, 0.2) is 24.4 Å². The van der Waals surface area contributed by atoms with E-state index in [1.54, 1.807) is 18.2 Å². The van der Waals surface area contributed by atoms with Gasteiger partial charge >= 0.3 is 5.97 Å². The number of hydrogen-bond acceptors (Lipinski definition) is 3. The van der Waals surface area contributed by atoms with E-state index in [2.05, 4.69) is 9.72 Å². The Kier molecular flexibility index (Phi) is 4.76. The Bertz CT molecular complexity index is 665. The Morgan fingerprint density at radius 1 is 1.00 bits per heavy atom. The van der Waals surface area contributed by atoms with Crippen LogP contribution in [0.5, 0.6) is 0 Å². The normalized spacial score (nSPS) is 10.4. The summed E-state index contributed by atoms with van der Waals surface area (Å²) >= 11 is 23.8. The van der Waals surface area contributed by atoms with Crippen molar-refractivity contribution in [3.8, 4) is 11.1 Å². The van der Waals surface area contributed by atoms with E-state index in [1.807, 2.05) is 0 Å². The Hall–Kier alpha value is -1.000. The second kappa shape index (κ2) is 6.19. The number of carbonyl (C=O) groups is 1. The third-order valence-corrected chi connectivity index (χ3v) is 4.02. The summed E-state index contributed by atoms with van der Waals surface area (Å²) < 4.78 is 4.57. The Morgan fingerprint density at radius 3 is 2.05 bits per heavy atom. The highest BCUT2D eigenvalue weighted by Gasteiger charge is 2.14. The quantitative estimate of drug-likeness (QED) is 0.555. The van der Waals surface area contributed by atoms with E-state index in [9.17, 15) is 4.79 Å². The highest BCUT2D eigenvalue weighted by molar-refractivity contribution is 6.48. The SMILES string of the molecule is COC(=O)c1ncc(-c2cc(Cl)c(Cl)c(Cl)c2)cc1Cl. The summed E-state index contributed by atoms with van der Waals surface area (Å²) in [5.74, 6) is -0.603. The van der Waals surface area contributed by atoms with E-state index < -0.39 is 5.97 Å². The fourth-order valence-corrected chi connectivity index (χ4v) is 2.40. The average Bonchev–Trinajstić information content (AvgIpc) is 2.43. The minimum absolute atomic E-state index is 0.0454. The zero-order chi connectivity index (χ0) is 14.9. The van der Waals surface area contributed by atoms with Gasteiger partial charge in [0.2, 0.25) is 0 Å². The summed E-state index contributed by atoms with van der Waals surface area (Å²) in [5, 5.41) is 1.10. The van der Waals surface area contributed by atoms with Crippen LogP contribution in [0, 0.1) is 0 Å². The molecule has 1 heterocycles. The van der Waals surface area contributed by atoms with Crippen molar-refractivity contribution in [3.05, 3.63) is 50.2 Å². The minimum Gasteiger partial charge on any atom is -0.464 e. The number of esters is 1. The average molecular weight is 351 g/mol. The molecule has 0 radical (unpaired) electrons. The van der Waals surface area contributed by atoms with Crippen LogP contribution in [-0.4, -0.2) is 18.1 Å². The third kappa shape index (κ3) is 3.01. The van der Waals surface area contributed by atoms with Gasteiger partial charge in [-0.25, -0.2) is 9.78 Å². The van der Waals surface area contributed by atoms with Gasteiger partial charge in [0, 0.05) is 11.8 Å². The molecule has 0 unspecified atom stereocenters. The monoisotopic (exact) mass is 349 g/mol. The lowest BCUT2D eigenvalue weighted by molar-refractivity contribution is 0.0594. The van der Waals surface area contributed by atoms with Gasteiger partial charge in [-0.15, -0.1) is 0 Å². The lowest BCUT2D eigenvalue weighted by Gasteiger charge is -2.07. The molecule has 2 rings (SSSR count). The Balaban J connectivity index is 2.49. The number of carbonyl (C=O) groups excluding carboxylic acids is 1. The van der Waals surface area contributed by atoms with Crippen LogP contribution in [0.25, 0.3) is 11.1 Å². The first kappa shape index (κ1) is 15.4. The first-order valence-corrected chi connectivity index (χ1v) is 6.84. The molecule has 0 N–H and O–H groups in total. The molecule has 0 bridgehead atoms. The standard InChI is InChI=1S/C13H7Cl4NO2/c1-20-13(19)12-10(16)4-7(5-18-12)6-2-8(14)11(17)9(15)3-6/h2-5H,1H3. The van der Waals surface area contributed by atoms with Crippen LogP contribution >= 0.6 is 46.4 Å². The van der Waals surface area contributed by atoms with Gasteiger partial charge in [0.05, 0.1) is 27.2 Å². The van der Waals surface area contributed by atoms with Crippen molar-refractivity contribution in [2.24, 2.45) is 0 Å². The predicted molar refractivity (Wildman–Crippen MR) is 81.1 cm³/mol. The third-order valence-electron chi connectivity index (χ3n) is 2.54. The van der Waals surface area contributed by atoms with E-state index in [0.29, 0.717) is 21.2 Å². The van der Waals surface area contributed by atoms with E-state index in [1.165, 1.54) is 13.3 Å². The summed E-state index contributed by atoms with van der Waals surface area (Å²) in [6, 6.07) is 4.86. The molecule has 104 valence electrons.